The maximum atomic E-state index is 13.1. The Balaban J connectivity index is 4.77. The van der Waals surface area contributed by atoms with Gasteiger partial charge in [-0.1, -0.05) is 13.3 Å². The summed E-state index contributed by atoms with van der Waals surface area (Å²) < 4.78 is 56.2. The van der Waals surface area contributed by atoms with Gasteiger partial charge in [-0.2, -0.15) is 17.6 Å². The number of ether oxygens (including phenoxy) is 1. The molecule has 4 nitrogen and oxygen atoms in total. The van der Waals surface area contributed by atoms with Crippen LogP contribution in [0.4, 0.5) is 17.6 Å². The first-order valence-electron chi connectivity index (χ1n) is 5.42. The number of unbranched alkanes of at least 4 members (excludes halogenated alkanes) is 1. The highest BCUT2D eigenvalue weighted by Gasteiger charge is 2.67. The van der Waals surface area contributed by atoms with Crippen LogP contribution in [0.25, 0.3) is 0 Å². The molecule has 0 bridgehead atoms. The van der Waals surface area contributed by atoms with Crippen LogP contribution in [0.2, 0.25) is 0 Å². The summed E-state index contributed by atoms with van der Waals surface area (Å²) in [5.41, 5.74) is 0. The summed E-state index contributed by atoms with van der Waals surface area (Å²) in [5.74, 6) is -14.9. The van der Waals surface area contributed by atoms with Gasteiger partial charge in [-0.25, -0.2) is 4.79 Å². The minimum Gasteiger partial charge on any atom is -0.461 e. The highest BCUT2D eigenvalue weighted by Crippen LogP contribution is 2.35. The smallest absolute Gasteiger partial charge is 0.413 e. The summed E-state index contributed by atoms with van der Waals surface area (Å²) in [6.45, 7) is 2.27. The molecule has 0 saturated heterocycles. The van der Waals surface area contributed by atoms with Gasteiger partial charge in [0.25, 0.3) is 5.91 Å². The Hall–Kier alpha value is -1.34. The lowest BCUT2D eigenvalue weighted by molar-refractivity contribution is -0.225. The number of rotatable bonds is 7. The molecule has 0 aliphatic carbocycles. The van der Waals surface area contributed by atoms with E-state index in [4.69, 9.17) is 0 Å². The molecule has 0 aliphatic rings. The van der Waals surface area contributed by atoms with Crippen molar-refractivity contribution in [3.05, 3.63) is 0 Å². The molecule has 0 aromatic carbocycles. The Morgan fingerprint density at radius 1 is 1.11 bits per heavy atom. The Kier molecular flexibility index (Phi) is 6.07. The third-order valence-electron chi connectivity index (χ3n) is 2.03. The van der Waals surface area contributed by atoms with Crippen molar-refractivity contribution >= 4 is 11.9 Å². The highest BCUT2D eigenvalue weighted by molar-refractivity contribution is 5.92. The van der Waals surface area contributed by atoms with Crippen LogP contribution in [0.5, 0.6) is 0 Å². The molecule has 0 heterocycles. The SMILES string of the molecule is CCCCNC(=O)C(F)(F)C(F)(F)C(=O)OCC. The summed E-state index contributed by atoms with van der Waals surface area (Å²) in [5, 5.41) is 1.65. The van der Waals surface area contributed by atoms with Crippen molar-refractivity contribution in [1.29, 1.82) is 0 Å². The van der Waals surface area contributed by atoms with Crippen molar-refractivity contribution in [1.82, 2.24) is 5.32 Å². The molecule has 0 atom stereocenters. The van der Waals surface area contributed by atoms with Gasteiger partial charge in [0.05, 0.1) is 6.61 Å². The first kappa shape index (κ1) is 16.7. The third kappa shape index (κ3) is 3.58. The van der Waals surface area contributed by atoms with Crippen LogP contribution in [0, 0.1) is 0 Å². The maximum absolute atomic E-state index is 13.1. The van der Waals surface area contributed by atoms with Gasteiger partial charge in [-0.3, -0.25) is 4.79 Å². The number of hydrogen-bond acceptors (Lipinski definition) is 3. The van der Waals surface area contributed by atoms with Crippen molar-refractivity contribution in [2.45, 2.75) is 38.5 Å². The zero-order valence-electron chi connectivity index (χ0n) is 10.1. The van der Waals surface area contributed by atoms with Gasteiger partial charge >= 0.3 is 17.8 Å². The lowest BCUT2D eigenvalue weighted by Crippen LogP contribution is -2.57. The molecule has 106 valence electrons. The first-order chi connectivity index (χ1) is 8.21. The van der Waals surface area contributed by atoms with Crippen LogP contribution in [-0.4, -0.2) is 36.9 Å². The van der Waals surface area contributed by atoms with Crippen LogP contribution in [-0.2, 0) is 14.3 Å². The van der Waals surface area contributed by atoms with E-state index in [2.05, 4.69) is 4.74 Å². The van der Waals surface area contributed by atoms with Crippen molar-refractivity contribution in [2.24, 2.45) is 0 Å². The number of alkyl halides is 4. The van der Waals surface area contributed by atoms with Crippen LogP contribution in [0.1, 0.15) is 26.7 Å². The zero-order valence-corrected chi connectivity index (χ0v) is 10.1. The van der Waals surface area contributed by atoms with Gasteiger partial charge in [-0.05, 0) is 13.3 Å². The van der Waals surface area contributed by atoms with E-state index in [1.807, 2.05) is 0 Å². The fourth-order valence-electron chi connectivity index (χ4n) is 0.982. The van der Waals surface area contributed by atoms with Gasteiger partial charge in [0.15, 0.2) is 0 Å². The number of carbonyl (C=O) groups is 2. The van der Waals surface area contributed by atoms with Gasteiger partial charge in [0.2, 0.25) is 0 Å². The summed E-state index contributed by atoms with van der Waals surface area (Å²) in [7, 11) is 0. The molecule has 1 N–H and O–H groups in total. The molecular formula is C10H15F4NO3. The zero-order chi connectivity index (χ0) is 14.4. The second kappa shape index (κ2) is 6.55. The predicted octanol–water partition coefficient (Wildman–Crippen LogP) is 1.74. The summed E-state index contributed by atoms with van der Waals surface area (Å²) >= 11 is 0. The van der Waals surface area contributed by atoms with Crippen LogP contribution >= 0.6 is 0 Å². The summed E-state index contributed by atoms with van der Waals surface area (Å²) in [6.07, 6.45) is 0.965. The number of halogens is 4. The fourth-order valence-corrected chi connectivity index (χ4v) is 0.982. The second-order valence-corrected chi connectivity index (χ2v) is 3.48. The minimum atomic E-state index is -5.18. The first-order valence-corrected chi connectivity index (χ1v) is 5.42. The molecule has 18 heavy (non-hydrogen) atoms. The molecule has 0 aromatic rings. The van der Waals surface area contributed by atoms with Crippen molar-refractivity contribution in [3.8, 4) is 0 Å². The Labute approximate surface area is 102 Å². The Bertz CT molecular complexity index is 307. The Morgan fingerprint density at radius 3 is 2.11 bits per heavy atom. The average Bonchev–Trinajstić information content (AvgIpc) is 2.29. The van der Waals surface area contributed by atoms with Crippen LogP contribution < -0.4 is 5.32 Å². The fraction of sp³-hybridized carbons (Fsp3) is 0.800. The lowest BCUT2D eigenvalue weighted by atomic mass is 10.1. The average molecular weight is 273 g/mol. The minimum absolute atomic E-state index is 0.163. The summed E-state index contributed by atoms with van der Waals surface area (Å²) in [4.78, 5) is 21.7. The molecule has 0 spiro atoms. The van der Waals surface area contributed by atoms with Gasteiger partial charge in [-0.15, -0.1) is 0 Å². The number of carbonyl (C=O) groups excluding carboxylic acids is 2. The van der Waals surface area contributed by atoms with E-state index in [9.17, 15) is 27.2 Å². The van der Waals surface area contributed by atoms with E-state index in [1.54, 1.807) is 12.2 Å². The molecule has 0 rings (SSSR count). The van der Waals surface area contributed by atoms with E-state index in [0.717, 1.165) is 0 Å². The predicted molar refractivity (Wildman–Crippen MR) is 54.4 cm³/mol. The largest absolute Gasteiger partial charge is 0.461 e. The quantitative estimate of drug-likeness (QED) is 0.436. The van der Waals surface area contributed by atoms with E-state index in [1.165, 1.54) is 6.92 Å². The van der Waals surface area contributed by atoms with Crippen LogP contribution in [0.15, 0.2) is 0 Å². The van der Waals surface area contributed by atoms with Crippen molar-refractivity contribution in [2.75, 3.05) is 13.2 Å². The molecule has 8 heteroatoms. The highest BCUT2D eigenvalue weighted by atomic mass is 19.3. The number of esters is 1. The van der Waals surface area contributed by atoms with E-state index in [-0.39, 0.29) is 6.54 Å². The molecular weight excluding hydrogens is 258 g/mol. The number of amides is 1. The maximum Gasteiger partial charge on any atom is 0.413 e. The van der Waals surface area contributed by atoms with Gasteiger partial charge < -0.3 is 10.1 Å². The molecule has 0 fully saturated rings. The van der Waals surface area contributed by atoms with Crippen LogP contribution in [0.3, 0.4) is 0 Å². The molecule has 0 radical (unpaired) electrons. The van der Waals surface area contributed by atoms with Crippen molar-refractivity contribution < 1.29 is 31.9 Å². The standard InChI is InChI=1S/C10H15F4NO3/c1-3-5-6-15-7(16)9(11,12)10(13,14)8(17)18-4-2/h3-6H2,1-2H3,(H,15,16). The Morgan fingerprint density at radius 2 is 1.67 bits per heavy atom. The molecule has 0 aromatic heterocycles. The molecule has 0 aliphatic heterocycles. The molecule has 1 amide bonds. The normalized spacial score (nSPS) is 12.1. The second-order valence-electron chi connectivity index (χ2n) is 3.48. The third-order valence-corrected chi connectivity index (χ3v) is 2.03. The lowest BCUT2D eigenvalue weighted by Gasteiger charge is -2.23. The van der Waals surface area contributed by atoms with Gasteiger partial charge in [0, 0.05) is 6.54 Å². The van der Waals surface area contributed by atoms with E-state index >= 15 is 0 Å². The topological polar surface area (TPSA) is 55.4 Å². The summed E-state index contributed by atoms with van der Waals surface area (Å²) in [6, 6.07) is 0. The van der Waals surface area contributed by atoms with Gasteiger partial charge in [0.1, 0.15) is 0 Å². The monoisotopic (exact) mass is 273 g/mol. The molecule has 0 unspecified atom stereocenters. The number of nitrogens with one attached hydrogen (secondary N) is 1. The van der Waals surface area contributed by atoms with E-state index in [0.29, 0.717) is 12.8 Å². The number of hydrogen-bond donors (Lipinski definition) is 1. The van der Waals surface area contributed by atoms with Crippen molar-refractivity contribution in [3.63, 3.8) is 0 Å². The van der Waals surface area contributed by atoms with E-state index < -0.39 is 30.3 Å². The molecule has 0 saturated carbocycles.